The molecule has 2 heteroatoms. The van der Waals surface area contributed by atoms with Crippen LogP contribution in [-0.4, -0.2) is 7.56 Å². The predicted octanol–water partition coefficient (Wildman–Crippen LogP) is 1.65. The van der Waals surface area contributed by atoms with Gasteiger partial charge in [-0.05, 0) is 6.32 Å². The number of hydrogen-bond donors (Lipinski definition) is 0. The fraction of sp³-hybridized carbons (Fsp3) is 1.00. The first-order chi connectivity index (χ1) is 2.77. The third-order valence-electron chi connectivity index (χ3n) is 0.560. The number of rotatable bonds is 2. The largest absolute Gasteiger partial charge is 0.354 e. The Morgan fingerprint density at radius 2 is 2.17 bits per heavy atom. The molecule has 0 saturated carbocycles. The zero-order valence-electron chi connectivity index (χ0n) is 4.24. The van der Waals surface area contributed by atoms with Crippen LogP contribution in [0.5, 0.6) is 0 Å². The van der Waals surface area contributed by atoms with Crippen LogP contribution in [0.1, 0.15) is 13.8 Å². The molecule has 0 aromatic carbocycles. The van der Waals surface area contributed by atoms with Crippen molar-refractivity contribution in [1.29, 1.82) is 0 Å². The molecule has 0 aromatic rings. The Hall–Kier alpha value is -0.00506. The molecular formula is C4H9BF. The molecule has 0 saturated heterocycles. The maximum atomic E-state index is 11.1. The molecule has 35 valence electrons. The van der Waals surface area contributed by atoms with E-state index in [4.69, 9.17) is 0 Å². The summed E-state index contributed by atoms with van der Waals surface area (Å²) in [5, 5.41) is 0. The minimum absolute atomic E-state index is 0.468. The quantitative estimate of drug-likeness (QED) is 0.449. The zero-order valence-corrected chi connectivity index (χ0v) is 4.24. The second-order valence-corrected chi connectivity index (χ2v) is 1.78. The van der Waals surface area contributed by atoms with E-state index in [1.165, 1.54) is 0 Å². The minimum Gasteiger partial charge on any atom is -0.343 e. The lowest BCUT2D eigenvalue weighted by molar-refractivity contribution is 0.702. The second-order valence-electron chi connectivity index (χ2n) is 1.78. The molecule has 0 unspecified atom stereocenters. The summed E-state index contributed by atoms with van der Waals surface area (Å²) >= 11 is 0. The van der Waals surface area contributed by atoms with E-state index in [9.17, 15) is 4.32 Å². The van der Waals surface area contributed by atoms with E-state index < -0.39 is 0 Å². The Balaban J connectivity index is 2.63. The Labute approximate surface area is 39.0 Å². The van der Waals surface area contributed by atoms with Crippen molar-refractivity contribution < 1.29 is 4.32 Å². The standard InChI is InChI=1S/C4H9BF/c1-4(2)3-5-6/h4H,3H2,1-2H3. The van der Waals surface area contributed by atoms with E-state index in [1.54, 1.807) is 0 Å². The van der Waals surface area contributed by atoms with Gasteiger partial charge in [-0.25, -0.2) is 0 Å². The fourth-order valence-corrected chi connectivity index (χ4v) is 0.178. The van der Waals surface area contributed by atoms with Crippen molar-refractivity contribution >= 4 is 7.56 Å². The van der Waals surface area contributed by atoms with E-state index in [-0.39, 0.29) is 0 Å². The summed E-state index contributed by atoms with van der Waals surface area (Å²) < 4.78 is 11.1. The topological polar surface area (TPSA) is 0 Å². The summed E-state index contributed by atoms with van der Waals surface area (Å²) in [7, 11) is 0.699. The maximum absolute atomic E-state index is 11.1. The lowest BCUT2D eigenvalue weighted by Crippen LogP contribution is -1.87. The summed E-state index contributed by atoms with van der Waals surface area (Å²) in [5.41, 5.74) is 0. The van der Waals surface area contributed by atoms with Gasteiger partial charge in [-0.1, -0.05) is 19.8 Å². The highest BCUT2D eigenvalue weighted by Gasteiger charge is 1.91. The van der Waals surface area contributed by atoms with Gasteiger partial charge in [0.25, 0.3) is 0 Å². The van der Waals surface area contributed by atoms with Gasteiger partial charge >= 0.3 is 7.56 Å². The van der Waals surface area contributed by atoms with Gasteiger partial charge in [-0.15, -0.1) is 0 Å². The highest BCUT2D eigenvalue weighted by atomic mass is 19.1. The van der Waals surface area contributed by atoms with Crippen LogP contribution < -0.4 is 0 Å². The molecule has 1 radical (unpaired) electrons. The molecule has 0 atom stereocenters. The SMILES string of the molecule is CC(C)C[B]F. The lowest BCUT2D eigenvalue weighted by Gasteiger charge is -1.92. The lowest BCUT2D eigenvalue weighted by atomic mass is 9.90. The Bertz CT molecular complexity index is 28.7. The molecule has 0 aromatic heterocycles. The van der Waals surface area contributed by atoms with E-state index in [0.717, 1.165) is 0 Å². The molecule has 0 nitrogen and oxygen atoms in total. The highest BCUT2D eigenvalue weighted by Crippen LogP contribution is 1.97. The normalized spacial score (nSPS) is 9.33. The molecule has 0 aliphatic heterocycles. The summed E-state index contributed by atoms with van der Waals surface area (Å²) in [6.45, 7) is 3.96. The van der Waals surface area contributed by atoms with Gasteiger partial charge in [0.1, 0.15) is 0 Å². The predicted molar refractivity (Wildman–Crippen MR) is 26.5 cm³/mol. The van der Waals surface area contributed by atoms with Gasteiger partial charge in [0.2, 0.25) is 0 Å². The van der Waals surface area contributed by atoms with Crippen LogP contribution in [0, 0.1) is 5.92 Å². The summed E-state index contributed by atoms with van der Waals surface area (Å²) in [6, 6.07) is 0. The molecule has 0 N–H and O–H groups in total. The van der Waals surface area contributed by atoms with E-state index in [2.05, 4.69) is 0 Å². The zero-order chi connectivity index (χ0) is 4.99. The van der Waals surface area contributed by atoms with Gasteiger partial charge in [0, 0.05) is 0 Å². The van der Waals surface area contributed by atoms with Crippen molar-refractivity contribution in [2.24, 2.45) is 5.92 Å². The minimum atomic E-state index is 0.468. The van der Waals surface area contributed by atoms with E-state index in [0.29, 0.717) is 19.8 Å². The van der Waals surface area contributed by atoms with Gasteiger partial charge < -0.3 is 4.32 Å². The molecular weight excluding hydrogens is 77.9 g/mol. The van der Waals surface area contributed by atoms with Gasteiger partial charge in [0.15, 0.2) is 0 Å². The first-order valence-electron chi connectivity index (χ1n) is 2.19. The molecule has 0 bridgehead atoms. The van der Waals surface area contributed by atoms with E-state index in [1.807, 2.05) is 13.8 Å². The molecule has 0 amide bonds. The van der Waals surface area contributed by atoms with Crippen molar-refractivity contribution in [1.82, 2.24) is 0 Å². The monoisotopic (exact) mass is 87.1 g/mol. The molecule has 0 fully saturated rings. The molecule has 0 heterocycles. The average Bonchev–Trinajstić information content (AvgIpc) is 1.35. The van der Waals surface area contributed by atoms with Crippen molar-refractivity contribution in [2.45, 2.75) is 20.2 Å². The summed E-state index contributed by atoms with van der Waals surface area (Å²) in [6.07, 6.45) is 0.583. The van der Waals surface area contributed by atoms with Crippen LogP contribution >= 0.6 is 0 Å². The summed E-state index contributed by atoms with van der Waals surface area (Å²) in [5.74, 6) is 0.468. The Morgan fingerprint density at radius 3 is 2.17 bits per heavy atom. The molecule has 0 aliphatic rings. The van der Waals surface area contributed by atoms with Crippen LogP contribution in [0.3, 0.4) is 0 Å². The fourth-order valence-electron chi connectivity index (χ4n) is 0.178. The van der Waals surface area contributed by atoms with Crippen molar-refractivity contribution in [2.75, 3.05) is 0 Å². The number of hydrogen-bond acceptors (Lipinski definition) is 0. The third kappa shape index (κ3) is 3.99. The van der Waals surface area contributed by atoms with Crippen molar-refractivity contribution in [3.63, 3.8) is 0 Å². The Kier molecular flexibility index (Phi) is 3.19. The molecule has 0 aliphatic carbocycles. The third-order valence-corrected chi connectivity index (χ3v) is 0.560. The van der Waals surface area contributed by atoms with Crippen molar-refractivity contribution in [3.05, 3.63) is 0 Å². The van der Waals surface area contributed by atoms with E-state index >= 15 is 0 Å². The smallest absolute Gasteiger partial charge is 0.343 e. The van der Waals surface area contributed by atoms with Crippen LogP contribution in [0.15, 0.2) is 0 Å². The van der Waals surface area contributed by atoms with Crippen molar-refractivity contribution in [3.8, 4) is 0 Å². The van der Waals surface area contributed by atoms with Crippen LogP contribution in [-0.2, 0) is 0 Å². The Morgan fingerprint density at radius 1 is 1.67 bits per heavy atom. The van der Waals surface area contributed by atoms with Gasteiger partial charge in [-0.2, -0.15) is 0 Å². The van der Waals surface area contributed by atoms with Crippen LogP contribution in [0.2, 0.25) is 6.32 Å². The van der Waals surface area contributed by atoms with Crippen LogP contribution in [0.25, 0.3) is 0 Å². The molecule has 0 rings (SSSR count). The molecule has 0 spiro atoms. The van der Waals surface area contributed by atoms with Gasteiger partial charge in [0.05, 0.1) is 0 Å². The van der Waals surface area contributed by atoms with Gasteiger partial charge in [-0.3, -0.25) is 0 Å². The highest BCUT2D eigenvalue weighted by molar-refractivity contribution is 6.26. The van der Waals surface area contributed by atoms with Crippen LogP contribution in [0.4, 0.5) is 4.32 Å². The summed E-state index contributed by atoms with van der Waals surface area (Å²) in [4.78, 5) is 0. The number of halogens is 1. The first kappa shape index (κ1) is 5.99. The average molecular weight is 86.9 g/mol. The maximum Gasteiger partial charge on any atom is 0.354 e. The first-order valence-corrected chi connectivity index (χ1v) is 2.19. The second kappa shape index (κ2) is 3.20. The molecule has 6 heavy (non-hydrogen) atoms.